The average Bonchev–Trinajstić information content (AvgIpc) is 3.20. The van der Waals surface area contributed by atoms with Crippen LogP contribution in [0.3, 0.4) is 0 Å². The molecule has 4 nitrogen and oxygen atoms in total. The van der Waals surface area contributed by atoms with E-state index in [1.165, 1.54) is 5.56 Å². The number of hydrogen-bond acceptors (Lipinski definition) is 3. The van der Waals surface area contributed by atoms with Gasteiger partial charge in [-0.05, 0) is 41.3 Å². The maximum absolute atomic E-state index is 13.0. The van der Waals surface area contributed by atoms with Gasteiger partial charge in [-0.15, -0.1) is 11.3 Å². The van der Waals surface area contributed by atoms with Crippen molar-refractivity contribution in [3.8, 4) is 0 Å². The lowest BCUT2D eigenvalue weighted by molar-refractivity contribution is -0.149. The number of thiophene rings is 1. The Labute approximate surface area is 164 Å². The number of carbonyl (C=O) groups is 2. The minimum Gasteiger partial charge on any atom is -0.481 e. The molecule has 144 valence electrons. The molecule has 2 aromatic rings. The average molecular weight is 386 g/mol. The van der Waals surface area contributed by atoms with Crippen LogP contribution in [0.2, 0.25) is 0 Å². The molecule has 1 aromatic carbocycles. The van der Waals surface area contributed by atoms with E-state index in [1.54, 1.807) is 11.3 Å². The van der Waals surface area contributed by atoms with E-state index in [4.69, 9.17) is 0 Å². The van der Waals surface area contributed by atoms with Gasteiger partial charge in [0.05, 0.1) is 17.9 Å². The first kappa shape index (κ1) is 19.6. The highest BCUT2D eigenvalue weighted by molar-refractivity contribution is 7.10. The third-order valence-electron chi connectivity index (χ3n) is 5.47. The number of rotatable bonds is 6. The molecule has 1 aliphatic carbocycles. The highest BCUT2D eigenvalue weighted by Crippen LogP contribution is 2.33. The largest absolute Gasteiger partial charge is 0.481 e. The summed E-state index contributed by atoms with van der Waals surface area (Å²) in [5.74, 6) is -1.58. The third-order valence-corrected chi connectivity index (χ3v) is 6.41. The Morgan fingerprint density at radius 1 is 1.04 bits per heavy atom. The van der Waals surface area contributed by atoms with Gasteiger partial charge >= 0.3 is 5.97 Å². The number of carboxylic acids is 1. The predicted molar refractivity (Wildman–Crippen MR) is 108 cm³/mol. The number of carboxylic acid groups (broad SMARTS) is 1. The highest BCUT2D eigenvalue weighted by Gasteiger charge is 2.36. The quantitative estimate of drug-likeness (QED) is 0.738. The first-order valence-electron chi connectivity index (χ1n) is 9.63. The van der Waals surface area contributed by atoms with Crippen molar-refractivity contribution >= 4 is 23.2 Å². The van der Waals surface area contributed by atoms with Crippen molar-refractivity contribution in [1.82, 2.24) is 5.32 Å². The zero-order chi connectivity index (χ0) is 19.4. The van der Waals surface area contributed by atoms with Crippen LogP contribution in [0.25, 0.3) is 0 Å². The number of benzene rings is 1. The van der Waals surface area contributed by atoms with E-state index in [2.05, 4.69) is 43.4 Å². The fourth-order valence-corrected chi connectivity index (χ4v) is 4.64. The Hall–Kier alpha value is -2.14. The Balaban J connectivity index is 1.84. The number of carbonyl (C=O) groups excluding carboxylic acids is 1. The first-order valence-corrected chi connectivity index (χ1v) is 10.5. The summed E-state index contributed by atoms with van der Waals surface area (Å²) >= 11 is 1.60. The number of amides is 1. The van der Waals surface area contributed by atoms with Gasteiger partial charge in [-0.1, -0.05) is 57.0 Å². The normalized spacial score (nSPS) is 21.0. The zero-order valence-corrected chi connectivity index (χ0v) is 16.7. The van der Waals surface area contributed by atoms with Crippen LogP contribution in [0.15, 0.2) is 41.8 Å². The lowest BCUT2D eigenvalue weighted by Gasteiger charge is -2.29. The van der Waals surface area contributed by atoms with Crippen LogP contribution in [-0.2, 0) is 9.59 Å². The van der Waals surface area contributed by atoms with Gasteiger partial charge in [0.2, 0.25) is 5.91 Å². The molecule has 2 N–H and O–H groups in total. The Bertz CT molecular complexity index is 767. The maximum atomic E-state index is 13.0. The molecule has 0 bridgehead atoms. The van der Waals surface area contributed by atoms with E-state index in [0.29, 0.717) is 18.8 Å². The summed E-state index contributed by atoms with van der Waals surface area (Å²) in [6.45, 7) is 4.31. The topological polar surface area (TPSA) is 66.4 Å². The monoisotopic (exact) mass is 385 g/mol. The molecule has 3 atom stereocenters. The minimum atomic E-state index is -0.858. The molecule has 3 unspecified atom stereocenters. The molecule has 0 radical (unpaired) electrons. The molecule has 0 spiro atoms. The lowest BCUT2D eigenvalue weighted by atomic mass is 9.78. The smallest absolute Gasteiger partial charge is 0.307 e. The van der Waals surface area contributed by atoms with Crippen LogP contribution in [0, 0.1) is 11.8 Å². The van der Waals surface area contributed by atoms with Crippen LogP contribution in [0.5, 0.6) is 0 Å². The SMILES string of the molecule is CC(C)c1ccc(C(NC(=O)C2CCCCC2C(=O)O)c2cccs2)cc1. The molecule has 1 aromatic heterocycles. The molecular formula is C22H27NO3S. The summed E-state index contributed by atoms with van der Waals surface area (Å²) < 4.78 is 0. The zero-order valence-electron chi connectivity index (χ0n) is 15.9. The Kier molecular flexibility index (Phi) is 6.32. The molecule has 27 heavy (non-hydrogen) atoms. The predicted octanol–water partition coefficient (Wildman–Crippen LogP) is 4.97. The van der Waals surface area contributed by atoms with Crippen molar-refractivity contribution in [2.45, 2.75) is 51.5 Å². The minimum absolute atomic E-state index is 0.145. The van der Waals surface area contributed by atoms with Crippen LogP contribution >= 0.6 is 11.3 Å². The van der Waals surface area contributed by atoms with Gasteiger partial charge in [0, 0.05) is 4.88 Å². The molecule has 1 saturated carbocycles. The van der Waals surface area contributed by atoms with Crippen molar-refractivity contribution < 1.29 is 14.7 Å². The van der Waals surface area contributed by atoms with E-state index in [-0.39, 0.29) is 11.9 Å². The fourth-order valence-electron chi connectivity index (χ4n) is 3.84. The fraction of sp³-hybridized carbons (Fsp3) is 0.455. The second-order valence-corrected chi connectivity index (χ2v) is 8.59. The van der Waals surface area contributed by atoms with E-state index in [0.717, 1.165) is 23.3 Å². The number of aliphatic carboxylic acids is 1. The molecule has 5 heteroatoms. The van der Waals surface area contributed by atoms with Crippen LogP contribution < -0.4 is 5.32 Å². The van der Waals surface area contributed by atoms with Gasteiger partial charge in [0.25, 0.3) is 0 Å². The summed E-state index contributed by atoms with van der Waals surface area (Å²) in [6, 6.07) is 12.1. The third kappa shape index (κ3) is 4.59. The van der Waals surface area contributed by atoms with Crippen LogP contribution in [-0.4, -0.2) is 17.0 Å². The summed E-state index contributed by atoms with van der Waals surface area (Å²) in [4.78, 5) is 25.6. The van der Waals surface area contributed by atoms with E-state index < -0.39 is 17.8 Å². The van der Waals surface area contributed by atoms with Crippen LogP contribution in [0.4, 0.5) is 0 Å². The standard InChI is InChI=1S/C22H27NO3S/c1-14(2)15-9-11-16(12-10-15)20(19-8-5-13-27-19)23-21(24)17-6-3-4-7-18(17)22(25)26/h5,8-14,17-18,20H,3-4,6-7H2,1-2H3,(H,23,24)(H,25,26). The summed E-state index contributed by atoms with van der Waals surface area (Å²) in [5.41, 5.74) is 2.28. The molecule has 3 rings (SSSR count). The number of hydrogen-bond donors (Lipinski definition) is 2. The summed E-state index contributed by atoms with van der Waals surface area (Å²) in [6.07, 6.45) is 3.02. The van der Waals surface area contributed by atoms with E-state index in [1.807, 2.05) is 17.5 Å². The van der Waals surface area contributed by atoms with Crippen molar-refractivity contribution in [2.75, 3.05) is 0 Å². The van der Waals surface area contributed by atoms with Crippen molar-refractivity contribution in [1.29, 1.82) is 0 Å². The maximum Gasteiger partial charge on any atom is 0.307 e. The van der Waals surface area contributed by atoms with Crippen molar-refractivity contribution in [3.05, 3.63) is 57.8 Å². The second-order valence-electron chi connectivity index (χ2n) is 7.61. The molecular weight excluding hydrogens is 358 g/mol. The van der Waals surface area contributed by atoms with Gasteiger partial charge in [0.1, 0.15) is 0 Å². The summed E-state index contributed by atoms with van der Waals surface area (Å²) in [5, 5.41) is 14.6. The second kappa shape index (κ2) is 8.70. The molecule has 1 aliphatic rings. The number of nitrogens with one attached hydrogen (secondary N) is 1. The van der Waals surface area contributed by atoms with Gasteiger partial charge in [0.15, 0.2) is 0 Å². The lowest BCUT2D eigenvalue weighted by Crippen LogP contribution is -2.41. The van der Waals surface area contributed by atoms with Crippen molar-refractivity contribution in [2.24, 2.45) is 11.8 Å². The molecule has 0 aliphatic heterocycles. The Morgan fingerprint density at radius 2 is 1.67 bits per heavy atom. The molecule has 1 fully saturated rings. The van der Waals surface area contributed by atoms with Gasteiger partial charge in [-0.3, -0.25) is 9.59 Å². The van der Waals surface area contributed by atoms with Crippen molar-refractivity contribution in [3.63, 3.8) is 0 Å². The van der Waals surface area contributed by atoms with Crippen LogP contribution in [0.1, 0.15) is 67.5 Å². The van der Waals surface area contributed by atoms with E-state index >= 15 is 0 Å². The van der Waals surface area contributed by atoms with Gasteiger partial charge in [-0.2, -0.15) is 0 Å². The highest BCUT2D eigenvalue weighted by atomic mass is 32.1. The Morgan fingerprint density at radius 3 is 2.22 bits per heavy atom. The summed E-state index contributed by atoms with van der Waals surface area (Å²) in [7, 11) is 0. The van der Waals surface area contributed by atoms with E-state index in [9.17, 15) is 14.7 Å². The molecule has 1 heterocycles. The first-order chi connectivity index (χ1) is 13.0. The van der Waals surface area contributed by atoms with Gasteiger partial charge < -0.3 is 10.4 Å². The molecule has 0 saturated heterocycles. The van der Waals surface area contributed by atoms with Gasteiger partial charge in [-0.25, -0.2) is 0 Å². The molecule has 1 amide bonds.